The maximum Gasteiger partial charge on any atom is 0.336 e. The zero-order valence-electron chi connectivity index (χ0n) is 17.5. The Bertz CT molecular complexity index is 1050. The van der Waals surface area contributed by atoms with Gasteiger partial charge in [0.2, 0.25) is 0 Å². The summed E-state index contributed by atoms with van der Waals surface area (Å²) in [6.45, 7) is 7.08. The Morgan fingerprint density at radius 3 is 2.70 bits per heavy atom. The first-order valence-electron chi connectivity index (χ1n) is 10.2. The highest BCUT2D eigenvalue weighted by Gasteiger charge is 2.37. The number of pyridine rings is 1. The van der Waals surface area contributed by atoms with Crippen molar-refractivity contribution < 1.29 is 19.1 Å². The van der Waals surface area contributed by atoms with Crippen molar-refractivity contribution in [2.45, 2.75) is 39.5 Å². The highest BCUT2D eigenvalue weighted by molar-refractivity contribution is 7.16. The van der Waals surface area contributed by atoms with E-state index in [1.807, 2.05) is 31.4 Å². The van der Waals surface area contributed by atoms with Crippen molar-refractivity contribution in [3.05, 3.63) is 51.8 Å². The Balaban J connectivity index is 1.72. The summed E-state index contributed by atoms with van der Waals surface area (Å²) in [5.41, 5.74) is 3.52. The second-order valence-corrected chi connectivity index (χ2v) is 8.75. The van der Waals surface area contributed by atoms with E-state index in [2.05, 4.69) is 10.3 Å². The molecule has 0 radical (unpaired) electrons. The minimum absolute atomic E-state index is 0.0598. The molecule has 2 aliphatic heterocycles. The molecule has 4 heterocycles. The topological polar surface area (TPSA) is 77.5 Å². The van der Waals surface area contributed by atoms with Gasteiger partial charge in [-0.1, -0.05) is 6.07 Å². The number of ketones is 1. The third kappa shape index (κ3) is 3.91. The fraction of sp³-hybridized carbons (Fsp3) is 0.435. The molecule has 0 amide bonds. The van der Waals surface area contributed by atoms with Crippen LogP contribution in [0.4, 0.5) is 0 Å². The van der Waals surface area contributed by atoms with Gasteiger partial charge in [-0.2, -0.15) is 0 Å². The molecular formula is C23H26N2O4S. The molecule has 1 unspecified atom stereocenters. The Morgan fingerprint density at radius 1 is 1.23 bits per heavy atom. The number of hydrogen-bond acceptors (Lipinski definition) is 7. The molecule has 0 bridgehead atoms. The number of nitrogens with zero attached hydrogens (tertiary/aromatic N) is 1. The molecule has 1 atom stereocenters. The summed E-state index contributed by atoms with van der Waals surface area (Å²) in [6.07, 6.45) is 3.54. The van der Waals surface area contributed by atoms with Gasteiger partial charge < -0.3 is 14.8 Å². The highest BCUT2D eigenvalue weighted by Crippen LogP contribution is 2.43. The fourth-order valence-electron chi connectivity index (χ4n) is 4.34. The lowest BCUT2D eigenvalue weighted by molar-refractivity contribution is -0.141. The summed E-state index contributed by atoms with van der Waals surface area (Å²) < 4.78 is 11.1. The van der Waals surface area contributed by atoms with Crippen LogP contribution in [-0.2, 0) is 19.1 Å². The number of thiophene rings is 1. The Morgan fingerprint density at radius 2 is 1.97 bits per heavy atom. The summed E-state index contributed by atoms with van der Waals surface area (Å²) >= 11 is 1.52. The molecular weight excluding hydrogens is 400 g/mol. The van der Waals surface area contributed by atoms with Crippen LogP contribution >= 0.6 is 11.3 Å². The van der Waals surface area contributed by atoms with Crippen LogP contribution in [0, 0.1) is 5.92 Å². The van der Waals surface area contributed by atoms with Crippen molar-refractivity contribution in [2.75, 3.05) is 19.8 Å². The molecule has 2 aliphatic rings. The lowest BCUT2D eigenvalue weighted by Gasteiger charge is -2.30. The number of rotatable bonds is 5. The van der Waals surface area contributed by atoms with Crippen LogP contribution < -0.4 is 5.32 Å². The number of esters is 1. The molecule has 158 valence electrons. The Labute approximate surface area is 180 Å². The van der Waals surface area contributed by atoms with E-state index >= 15 is 0 Å². The van der Waals surface area contributed by atoms with E-state index in [0.29, 0.717) is 36.9 Å². The third-order valence-electron chi connectivity index (χ3n) is 5.84. The summed E-state index contributed by atoms with van der Waals surface area (Å²) in [5, 5.41) is 6.19. The van der Waals surface area contributed by atoms with E-state index in [0.717, 1.165) is 40.0 Å². The van der Waals surface area contributed by atoms with Gasteiger partial charge in [-0.25, -0.2) is 9.78 Å². The van der Waals surface area contributed by atoms with E-state index in [4.69, 9.17) is 9.47 Å². The summed E-state index contributed by atoms with van der Waals surface area (Å²) in [5.74, 6) is -0.584. The number of aromatic nitrogens is 1. The van der Waals surface area contributed by atoms with Gasteiger partial charge in [-0.15, -0.1) is 11.3 Å². The van der Waals surface area contributed by atoms with Crippen molar-refractivity contribution >= 4 is 33.3 Å². The van der Waals surface area contributed by atoms with Crippen LogP contribution in [0.2, 0.25) is 0 Å². The van der Waals surface area contributed by atoms with Crippen molar-refractivity contribution in [3.63, 3.8) is 0 Å². The summed E-state index contributed by atoms with van der Waals surface area (Å²) in [7, 11) is 0. The molecule has 30 heavy (non-hydrogen) atoms. The molecule has 1 saturated heterocycles. The summed E-state index contributed by atoms with van der Waals surface area (Å²) in [4.78, 5) is 31.2. The molecule has 4 rings (SSSR count). The third-order valence-corrected chi connectivity index (χ3v) is 6.76. The van der Waals surface area contributed by atoms with Gasteiger partial charge in [-0.05, 0) is 56.5 Å². The first kappa shape index (κ1) is 20.8. The average Bonchev–Trinajstić information content (AvgIpc) is 3.16. The monoisotopic (exact) mass is 426 g/mol. The number of nitrogens with one attached hydrogen (secondary N) is 1. The molecule has 0 saturated carbocycles. The molecule has 0 spiro atoms. The quantitative estimate of drug-likeness (QED) is 0.726. The molecule has 0 aromatic carbocycles. The van der Waals surface area contributed by atoms with Gasteiger partial charge >= 0.3 is 5.97 Å². The van der Waals surface area contributed by atoms with Gasteiger partial charge in [0, 0.05) is 47.7 Å². The second-order valence-electron chi connectivity index (χ2n) is 7.89. The van der Waals surface area contributed by atoms with Gasteiger partial charge in [0.1, 0.15) is 4.83 Å². The lowest BCUT2D eigenvalue weighted by atomic mass is 9.79. The first-order chi connectivity index (χ1) is 14.5. The molecule has 0 aliphatic carbocycles. The molecule has 1 N–H and O–H groups in total. The smallest absolute Gasteiger partial charge is 0.336 e. The molecule has 2 aromatic heterocycles. The van der Waals surface area contributed by atoms with E-state index < -0.39 is 5.92 Å². The molecule has 6 nitrogen and oxygen atoms in total. The number of Topliss-reactive ketones (excluding diaryl/α,β-unsaturated/α-hetero) is 1. The largest absolute Gasteiger partial charge is 0.462 e. The average molecular weight is 427 g/mol. The Hall–Kier alpha value is -2.51. The highest BCUT2D eigenvalue weighted by atomic mass is 32.1. The van der Waals surface area contributed by atoms with Crippen LogP contribution in [0.1, 0.15) is 45.1 Å². The second kappa shape index (κ2) is 8.70. The Kier molecular flexibility index (Phi) is 6.01. The minimum Gasteiger partial charge on any atom is -0.462 e. The predicted octanol–water partition coefficient (Wildman–Crippen LogP) is 4.09. The maximum absolute atomic E-state index is 13.3. The van der Waals surface area contributed by atoms with E-state index in [9.17, 15) is 9.59 Å². The minimum atomic E-state index is -0.469. The van der Waals surface area contributed by atoms with E-state index in [-0.39, 0.29) is 11.8 Å². The van der Waals surface area contributed by atoms with Gasteiger partial charge in [0.05, 0.1) is 12.2 Å². The predicted molar refractivity (Wildman–Crippen MR) is 116 cm³/mol. The lowest BCUT2D eigenvalue weighted by Crippen LogP contribution is -2.32. The SMILES string of the molecule is CC(=O)C1=C(C)NC(C)=C(C(=O)OCC2CCOCC2)C1c1csc2ncccc12. The zero-order valence-corrected chi connectivity index (χ0v) is 18.3. The molecule has 2 aromatic rings. The normalized spacial score (nSPS) is 20.4. The fourth-order valence-corrected chi connectivity index (χ4v) is 5.27. The van der Waals surface area contributed by atoms with Crippen LogP contribution in [0.15, 0.2) is 46.2 Å². The first-order valence-corrected chi connectivity index (χ1v) is 11.1. The van der Waals surface area contributed by atoms with E-state index in [1.165, 1.54) is 11.3 Å². The summed E-state index contributed by atoms with van der Waals surface area (Å²) in [6, 6.07) is 3.87. The van der Waals surface area contributed by atoms with Crippen LogP contribution in [0.5, 0.6) is 0 Å². The van der Waals surface area contributed by atoms with Crippen LogP contribution in [0.25, 0.3) is 10.2 Å². The van der Waals surface area contributed by atoms with Crippen molar-refractivity contribution in [3.8, 4) is 0 Å². The van der Waals surface area contributed by atoms with Crippen LogP contribution in [-0.4, -0.2) is 36.6 Å². The molecule has 7 heteroatoms. The van der Waals surface area contributed by atoms with Gasteiger partial charge in [0.25, 0.3) is 0 Å². The zero-order chi connectivity index (χ0) is 21.3. The molecule has 1 fully saturated rings. The van der Waals surface area contributed by atoms with Gasteiger partial charge in [-0.3, -0.25) is 4.79 Å². The number of ether oxygens (including phenoxy) is 2. The number of fused-ring (bicyclic) bond motifs is 1. The van der Waals surface area contributed by atoms with E-state index in [1.54, 1.807) is 13.1 Å². The van der Waals surface area contributed by atoms with Crippen molar-refractivity contribution in [1.29, 1.82) is 0 Å². The maximum atomic E-state index is 13.3. The van der Waals surface area contributed by atoms with Crippen LogP contribution in [0.3, 0.4) is 0 Å². The standard InChI is InChI=1S/C23H26N2O4S/c1-13-19(15(3)26)21(18-12-30-22-17(18)5-4-8-24-22)20(14(2)25-13)23(27)29-11-16-6-9-28-10-7-16/h4-5,8,12,16,21,25H,6-7,9-11H2,1-3H3. The number of allylic oxidation sites excluding steroid dienone is 3. The van der Waals surface area contributed by atoms with Crippen molar-refractivity contribution in [1.82, 2.24) is 10.3 Å². The number of dihydropyridines is 1. The number of hydrogen-bond donors (Lipinski definition) is 1. The number of carbonyl (C=O) groups is 2. The van der Waals surface area contributed by atoms with Crippen molar-refractivity contribution in [2.24, 2.45) is 5.92 Å². The van der Waals surface area contributed by atoms with Gasteiger partial charge in [0.15, 0.2) is 5.78 Å². The number of carbonyl (C=O) groups excluding carboxylic acids is 2.